The van der Waals surface area contributed by atoms with E-state index in [4.69, 9.17) is 0 Å². The number of aromatic amines is 1. The number of aryl methyl sites for hydroxylation is 3. The van der Waals surface area contributed by atoms with Gasteiger partial charge in [-0.15, -0.1) is 0 Å². The van der Waals surface area contributed by atoms with Crippen molar-refractivity contribution < 1.29 is 8.42 Å². The molecule has 0 aromatic carbocycles. The van der Waals surface area contributed by atoms with E-state index in [1.165, 1.54) is 0 Å². The molecule has 2 N–H and O–H groups in total. The Morgan fingerprint density at radius 3 is 2.68 bits per heavy atom. The van der Waals surface area contributed by atoms with Gasteiger partial charge >= 0.3 is 0 Å². The van der Waals surface area contributed by atoms with Crippen LogP contribution in [0.15, 0.2) is 17.2 Å². The third kappa shape index (κ3) is 2.85. The number of hydrogen-bond donors (Lipinski definition) is 2. The van der Waals surface area contributed by atoms with Crippen molar-refractivity contribution in [1.82, 2.24) is 24.7 Å². The molecule has 0 fully saturated rings. The Bertz CT molecular complexity index is 652. The van der Waals surface area contributed by atoms with Crippen LogP contribution in [0.1, 0.15) is 17.1 Å². The first-order valence-corrected chi connectivity index (χ1v) is 7.38. The lowest BCUT2D eigenvalue weighted by Gasteiger charge is -2.07. The number of rotatable bonds is 5. The largest absolute Gasteiger partial charge is 0.281 e. The maximum Gasteiger partial charge on any atom is 0.244 e. The van der Waals surface area contributed by atoms with Crippen LogP contribution in [0.25, 0.3) is 0 Å². The standard InChI is InChI=1S/C11H17N5O2S/c1-8-11(9(2)15-14-8)19(17,18)13-7-5-10-4-6-12-16(10)3/h4,6,13H,5,7H2,1-3H3,(H,14,15). The van der Waals surface area contributed by atoms with E-state index in [0.717, 1.165) is 5.69 Å². The van der Waals surface area contributed by atoms with Crippen LogP contribution in [0.4, 0.5) is 0 Å². The molecule has 19 heavy (non-hydrogen) atoms. The first kappa shape index (κ1) is 13.8. The van der Waals surface area contributed by atoms with Gasteiger partial charge in [0.25, 0.3) is 0 Å². The van der Waals surface area contributed by atoms with Gasteiger partial charge in [-0.05, 0) is 19.9 Å². The van der Waals surface area contributed by atoms with Crippen LogP contribution in [0.2, 0.25) is 0 Å². The first-order chi connectivity index (χ1) is 8.92. The number of H-pyrrole nitrogens is 1. The van der Waals surface area contributed by atoms with Crippen molar-refractivity contribution in [3.05, 3.63) is 29.3 Å². The molecular formula is C11H17N5O2S. The predicted molar refractivity (Wildman–Crippen MR) is 70.2 cm³/mol. The van der Waals surface area contributed by atoms with Crippen LogP contribution in [-0.4, -0.2) is 34.9 Å². The van der Waals surface area contributed by atoms with Crippen LogP contribution < -0.4 is 4.72 Å². The minimum atomic E-state index is -3.52. The van der Waals surface area contributed by atoms with Crippen molar-refractivity contribution in [3.63, 3.8) is 0 Å². The van der Waals surface area contributed by atoms with Crippen LogP contribution in [0, 0.1) is 13.8 Å². The summed E-state index contributed by atoms with van der Waals surface area (Å²) >= 11 is 0. The highest BCUT2D eigenvalue weighted by Crippen LogP contribution is 2.16. The van der Waals surface area contributed by atoms with E-state index in [1.807, 2.05) is 13.1 Å². The van der Waals surface area contributed by atoms with Gasteiger partial charge < -0.3 is 0 Å². The fourth-order valence-corrected chi connectivity index (χ4v) is 3.37. The molecule has 7 nitrogen and oxygen atoms in total. The minimum absolute atomic E-state index is 0.234. The Morgan fingerprint density at radius 1 is 1.42 bits per heavy atom. The molecule has 2 rings (SSSR count). The van der Waals surface area contributed by atoms with E-state index in [0.29, 0.717) is 24.4 Å². The summed E-state index contributed by atoms with van der Waals surface area (Å²) in [7, 11) is -1.69. The van der Waals surface area contributed by atoms with Gasteiger partial charge in [0.1, 0.15) is 4.90 Å². The summed E-state index contributed by atoms with van der Waals surface area (Å²) in [6.07, 6.45) is 2.28. The fraction of sp³-hybridized carbons (Fsp3) is 0.455. The van der Waals surface area contributed by atoms with Crippen LogP contribution in [0.3, 0.4) is 0 Å². The average Bonchev–Trinajstić information content (AvgIpc) is 2.86. The lowest BCUT2D eigenvalue weighted by atomic mass is 10.3. The number of hydrogen-bond acceptors (Lipinski definition) is 4. The maximum atomic E-state index is 12.2. The van der Waals surface area contributed by atoms with Gasteiger partial charge in [-0.3, -0.25) is 9.78 Å². The highest BCUT2D eigenvalue weighted by Gasteiger charge is 2.21. The van der Waals surface area contributed by atoms with Crippen molar-refractivity contribution >= 4 is 10.0 Å². The van der Waals surface area contributed by atoms with Crippen LogP contribution in [-0.2, 0) is 23.5 Å². The highest BCUT2D eigenvalue weighted by molar-refractivity contribution is 7.89. The smallest absolute Gasteiger partial charge is 0.244 e. The molecule has 104 valence electrons. The maximum absolute atomic E-state index is 12.2. The van der Waals surface area contributed by atoms with Crippen molar-refractivity contribution in [1.29, 1.82) is 0 Å². The van der Waals surface area contributed by atoms with Gasteiger partial charge in [-0.2, -0.15) is 10.2 Å². The molecule has 0 aliphatic rings. The van der Waals surface area contributed by atoms with Crippen molar-refractivity contribution in [2.75, 3.05) is 6.54 Å². The minimum Gasteiger partial charge on any atom is -0.281 e. The molecule has 0 unspecified atom stereocenters. The molecule has 0 bridgehead atoms. The van der Waals surface area contributed by atoms with Gasteiger partial charge in [0, 0.05) is 31.9 Å². The van der Waals surface area contributed by atoms with Gasteiger partial charge in [0.05, 0.1) is 11.4 Å². The van der Waals surface area contributed by atoms with Crippen molar-refractivity contribution in [3.8, 4) is 0 Å². The molecule has 2 aromatic rings. The second kappa shape index (κ2) is 5.14. The van der Waals surface area contributed by atoms with Crippen molar-refractivity contribution in [2.45, 2.75) is 25.2 Å². The van der Waals surface area contributed by atoms with Gasteiger partial charge in [-0.25, -0.2) is 13.1 Å². The molecule has 0 saturated heterocycles. The SMILES string of the molecule is Cc1n[nH]c(C)c1S(=O)(=O)NCCc1ccnn1C. The van der Waals surface area contributed by atoms with Gasteiger partial charge in [0.15, 0.2) is 0 Å². The molecular weight excluding hydrogens is 266 g/mol. The Labute approximate surface area is 112 Å². The zero-order valence-corrected chi connectivity index (χ0v) is 12.0. The monoisotopic (exact) mass is 283 g/mol. The summed E-state index contributed by atoms with van der Waals surface area (Å²) in [6.45, 7) is 3.68. The summed E-state index contributed by atoms with van der Waals surface area (Å²) in [5.41, 5.74) is 2.00. The third-order valence-electron chi connectivity index (χ3n) is 2.92. The number of sulfonamides is 1. The second-order valence-corrected chi connectivity index (χ2v) is 6.06. The quantitative estimate of drug-likeness (QED) is 0.824. The van der Waals surface area contributed by atoms with E-state index in [9.17, 15) is 8.42 Å². The van der Waals surface area contributed by atoms with Crippen molar-refractivity contribution in [2.24, 2.45) is 7.05 Å². The summed E-state index contributed by atoms with van der Waals surface area (Å²) < 4.78 is 28.6. The highest BCUT2D eigenvalue weighted by atomic mass is 32.2. The molecule has 0 atom stereocenters. The topological polar surface area (TPSA) is 92.7 Å². The fourth-order valence-electron chi connectivity index (χ4n) is 1.97. The third-order valence-corrected chi connectivity index (χ3v) is 4.65. The van der Waals surface area contributed by atoms with Gasteiger partial charge in [-0.1, -0.05) is 0 Å². The van der Waals surface area contributed by atoms with Gasteiger partial charge in [0.2, 0.25) is 10.0 Å². The Morgan fingerprint density at radius 2 is 2.16 bits per heavy atom. The average molecular weight is 283 g/mol. The lowest BCUT2D eigenvalue weighted by molar-refractivity contribution is 0.578. The zero-order valence-electron chi connectivity index (χ0n) is 11.1. The van der Waals surface area contributed by atoms with E-state index >= 15 is 0 Å². The summed E-state index contributed by atoms with van der Waals surface area (Å²) in [5.74, 6) is 0. The number of aromatic nitrogens is 4. The Kier molecular flexibility index (Phi) is 3.72. The van der Waals surface area contributed by atoms with Crippen LogP contribution in [0.5, 0.6) is 0 Å². The molecule has 8 heteroatoms. The summed E-state index contributed by atoms with van der Waals surface area (Å²) in [5, 5.41) is 10.6. The molecule has 0 aliphatic carbocycles. The Hall–Kier alpha value is -1.67. The lowest BCUT2D eigenvalue weighted by Crippen LogP contribution is -2.27. The number of nitrogens with one attached hydrogen (secondary N) is 2. The summed E-state index contributed by atoms with van der Waals surface area (Å²) in [6, 6.07) is 1.86. The Balaban J connectivity index is 2.05. The molecule has 0 amide bonds. The van der Waals surface area contributed by atoms with Crippen LogP contribution >= 0.6 is 0 Å². The molecule has 0 spiro atoms. The normalized spacial score (nSPS) is 11.9. The zero-order chi connectivity index (χ0) is 14.0. The first-order valence-electron chi connectivity index (χ1n) is 5.90. The molecule has 0 saturated carbocycles. The molecule has 2 aromatic heterocycles. The molecule has 2 heterocycles. The second-order valence-electron chi connectivity index (χ2n) is 4.36. The molecule has 0 aliphatic heterocycles. The number of nitrogens with zero attached hydrogens (tertiary/aromatic N) is 3. The predicted octanol–water partition coefficient (Wildman–Crippen LogP) is 0.281. The van der Waals surface area contributed by atoms with E-state index in [-0.39, 0.29) is 4.90 Å². The summed E-state index contributed by atoms with van der Waals surface area (Å²) in [4.78, 5) is 0.234. The van der Waals surface area contributed by atoms with E-state index in [2.05, 4.69) is 20.0 Å². The van der Waals surface area contributed by atoms with E-state index in [1.54, 1.807) is 24.7 Å². The van der Waals surface area contributed by atoms with E-state index < -0.39 is 10.0 Å². The molecule has 0 radical (unpaired) electrons.